The van der Waals surface area contributed by atoms with Crippen LogP contribution in [0.2, 0.25) is 0 Å². The smallest absolute Gasteiger partial charge is 0.0271 e. The van der Waals surface area contributed by atoms with Gasteiger partial charge in [-0.25, -0.2) is 0 Å². The monoisotopic (exact) mass is 166 g/mol. The molecular weight excluding hydrogens is 144 g/mol. The summed E-state index contributed by atoms with van der Waals surface area (Å²) in [6, 6.07) is 0. The molecule has 0 heteroatoms. The summed E-state index contributed by atoms with van der Waals surface area (Å²) >= 11 is 0. The van der Waals surface area contributed by atoms with Gasteiger partial charge in [0, 0.05) is 0 Å². The van der Waals surface area contributed by atoms with Gasteiger partial charge in [0.25, 0.3) is 0 Å². The first-order valence-electron chi connectivity index (χ1n) is 5.26. The Balaban J connectivity index is 2.44. The molecule has 0 aromatic carbocycles. The van der Waals surface area contributed by atoms with Crippen LogP contribution < -0.4 is 0 Å². The zero-order valence-corrected chi connectivity index (χ0v) is 8.82. The summed E-state index contributed by atoms with van der Waals surface area (Å²) in [7, 11) is 0. The van der Waals surface area contributed by atoms with Crippen LogP contribution in [0.25, 0.3) is 0 Å². The lowest BCUT2D eigenvalue weighted by Gasteiger charge is -2.19. The van der Waals surface area contributed by atoms with Gasteiger partial charge in [-0.2, -0.15) is 0 Å². The summed E-state index contributed by atoms with van der Waals surface area (Å²) < 4.78 is 0. The van der Waals surface area contributed by atoms with E-state index >= 15 is 0 Å². The fourth-order valence-corrected chi connectivity index (χ4v) is 1.92. The lowest BCUT2D eigenvalue weighted by atomic mass is 9.86. The minimum Gasteiger partial charge on any atom is -0.0853 e. The van der Waals surface area contributed by atoms with Crippen molar-refractivity contribution in [1.82, 2.24) is 0 Å². The maximum atomic E-state index is 2.48. The second-order valence-electron chi connectivity index (χ2n) is 5.20. The highest BCUT2D eigenvalue weighted by Crippen LogP contribution is 2.29. The first-order chi connectivity index (χ1) is 5.58. The van der Waals surface area contributed by atoms with E-state index in [4.69, 9.17) is 0 Å². The molecule has 0 atom stereocenters. The van der Waals surface area contributed by atoms with Gasteiger partial charge in [0.1, 0.15) is 0 Å². The molecule has 0 saturated carbocycles. The van der Waals surface area contributed by atoms with Crippen LogP contribution in [-0.4, -0.2) is 0 Å². The third kappa shape index (κ3) is 3.94. The normalized spacial score (nSPS) is 20.1. The zero-order chi connectivity index (χ0) is 9.03. The van der Waals surface area contributed by atoms with Gasteiger partial charge in [0.05, 0.1) is 0 Å². The molecule has 0 bridgehead atoms. The largest absolute Gasteiger partial charge is 0.0853 e. The third-order valence-corrected chi connectivity index (χ3v) is 2.39. The Kier molecular flexibility index (Phi) is 3.37. The van der Waals surface area contributed by atoms with Gasteiger partial charge in [-0.05, 0) is 37.5 Å². The molecule has 0 N–H and O–H groups in total. The molecule has 0 unspecified atom stereocenters. The van der Waals surface area contributed by atoms with E-state index in [9.17, 15) is 0 Å². The van der Waals surface area contributed by atoms with Gasteiger partial charge >= 0.3 is 0 Å². The molecule has 0 aromatic heterocycles. The van der Waals surface area contributed by atoms with Crippen molar-refractivity contribution in [2.24, 2.45) is 5.41 Å². The van der Waals surface area contributed by atoms with Crippen LogP contribution in [0, 0.1) is 5.41 Å². The summed E-state index contributed by atoms with van der Waals surface area (Å²) in [5.41, 5.74) is 2.19. The van der Waals surface area contributed by atoms with Crippen molar-refractivity contribution in [2.45, 2.75) is 59.3 Å². The van der Waals surface area contributed by atoms with Crippen molar-refractivity contribution in [3.8, 4) is 0 Å². The average molecular weight is 166 g/mol. The summed E-state index contributed by atoms with van der Waals surface area (Å²) in [5, 5.41) is 0. The van der Waals surface area contributed by atoms with E-state index in [0.29, 0.717) is 5.41 Å². The number of allylic oxidation sites excluding steroid dienone is 2. The Bertz CT molecular complexity index is 157. The summed E-state index contributed by atoms with van der Waals surface area (Å²) in [4.78, 5) is 0. The van der Waals surface area contributed by atoms with Gasteiger partial charge in [-0.15, -0.1) is 0 Å². The Morgan fingerprint density at radius 2 is 1.92 bits per heavy atom. The minimum absolute atomic E-state index is 0.482. The SMILES string of the molecule is CC(C)(C)CC1=CCCCCC1. The molecule has 0 saturated heterocycles. The fraction of sp³-hybridized carbons (Fsp3) is 0.833. The van der Waals surface area contributed by atoms with E-state index < -0.39 is 0 Å². The second-order valence-corrected chi connectivity index (χ2v) is 5.20. The van der Waals surface area contributed by atoms with Crippen LogP contribution in [0.4, 0.5) is 0 Å². The third-order valence-electron chi connectivity index (χ3n) is 2.39. The van der Waals surface area contributed by atoms with Crippen LogP contribution >= 0.6 is 0 Å². The first-order valence-corrected chi connectivity index (χ1v) is 5.26. The van der Waals surface area contributed by atoms with Crippen LogP contribution in [-0.2, 0) is 0 Å². The minimum atomic E-state index is 0.482. The molecule has 0 heterocycles. The lowest BCUT2D eigenvalue weighted by molar-refractivity contribution is 0.403. The molecule has 0 aliphatic heterocycles. The van der Waals surface area contributed by atoms with Crippen LogP contribution in [0.3, 0.4) is 0 Å². The van der Waals surface area contributed by atoms with Crippen molar-refractivity contribution in [2.75, 3.05) is 0 Å². The summed E-state index contributed by atoms with van der Waals surface area (Å²) in [6.07, 6.45) is 10.7. The summed E-state index contributed by atoms with van der Waals surface area (Å²) in [5.74, 6) is 0. The van der Waals surface area contributed by atoms with Crippen molar-refractivity contribution in [3.05, 3.63) is 11.6 Å². The van der Waals surface area contributed by atoms with Crippen LogP contribution in [0.1, 0.15) is 59.3 Å². The van der Waals surface area contributed by atoms with Gasteiger partial charge in [-0.3, -0.25) is 0 Å². The number of hydrogen-bond donors (Lipinski definition) is 0. The molecule has 12 heavy (non-hydrogen) atoms. The van der Waals surface area contributed by atoms with Gasteiger partial charge in [0.2, 0.25) is 0 Å². The Morgan fingerprint density at radius 1 is 1.17 bits per heavy atom. The van der Waals surface area contributed by atoms with Gasteiger partial charge in [0.15, 0.2) is 0 Å². The molecular formula is C12H22. The van der Waals surface area contributed by atoms with Crippen molar-refractivity contribution in [3.63, 3.8) is 0 Å². The van der Waals surface area contributed by atoms with E-state index in [0.717, 1.165) is 0 Å². The standard InChI is InChI=1S/C12H22/c1-12(2,3)10-11-8-6-4-5-7-9-11/h8H,4-7,9-10H2,1-3H3. The fourth-order valence-electron chi connectivity index (χ4n) is 1.92. The molecule has 70 valence electrons. The maximum absolute atomic E-state index is 2.48. The molecule has 0 aromatic rings. The zero-order valence-electron chi connectivity index (χ0n) is 8.82. The maximum Gasteiger partial charge on any atom is -0.0271 e. The van der Waals surface area contributed by atoms with E-state index in [-0.39, 0.29) is 0 Å². The second kappa shape index (κ2) is 4.11. The van der Waals surface area contributed by atoms with E-state index in [1.54, 1.807) is 5.57 Å². The predicted molar refractivity (Wildman–Crippen MR) is 55.2 cm³/mol. The summed E-state index contributed by atoms with van der Waals surface area (Å²) in [6.45, 7) is 7.00. The van der Waals surface area contributed by atoms with Crippen molar-refractivity contribution >= 4 is 0 Å². The highest BCUT2D eigenvalue weighted by molar-refractivity contribution is 5.05. The topological polar surface area (TPSA) is 0 Å². The molecule has 1 aliphatic carbocycles. The molecule has 0 amide bonds. The number of rotatable bonds is 1. The highest BCUT2D eigenvalue weighted by Gasteiger charge is 2.13. The number of hydrogen-bond acceptors (Lipinski definition) is 0. The van der Waals surface area contributed by atoms with Crippen LogP contribution in [0.5, 0.6) is 0 Å². The molecule has 0 spiro atoms. The average Bonchev–Trinajstić information content (AvgIpc) is 2.12. The van der Waals surface area contributed by atoms with Crippen LogP contribution in [0.15, 0.2) is 11.6 Å². The van der Waals surface area contributed by atoms with Crippen molar-refractivity contribution in [1.29, 1.82) is 0 Å². The molecule has 1 rings (SSSR count). The first kappa shape index (κ1) is 9.83. The molecule has 0 nitrogen and oxygen atoms in total. The lowest BCUT2D eigenvalue weighted by Crippen LogP contribution is -2.06. The van der Waals surface area contributed by atoms with E-state index in [2.05, 4.69) is 26.8 Å². The van der Waals surface area contributed by atoms with Gasteiger partial charge in [-0.1, -0.05) is 38.8 Å². The molecule has 0 radical (unpaired) electrons. The Labute approximate surface area is 77.1 Å². The van der Waals surface area contributed by atoms with Crippen molar-refractivity contribution < 1.29 is 0 Å². The Morgan fingerprint density at radius 3 is 2.58 bits per heavy atom. The highest BCUT2D eigenvalue weighted by atomic mass is 14.2. The van der Waals surface area contributed by atoms with Gasteiger partial charge < -0.3 is 0 Å². The van der Waals surface area contributed by atoms with E-state index in [1.165, 1.54) is 38.5 Å². The Hall–Kier alpha value is -0.260. The predicted octanol–water partition coefficient (Wildman–Crippen LogP) is 4.31. The molecule has 0 fully saturated rings. The quantitative estimate of drug-likeness (QED) is 0.509. The molecule has 1 aliphatic rings. The van der Waals surface area contributed by atoms with E-state index in [1.807, 2.05) is 0 Å².